The van der Waals surface area contributed by atoms with Gasteiger partial charge >= 0.3 is 0 Å². The van der Waals surface area contributed by atoms with Gasteiger partial charge in [0.25, 0.3) is 0 Å². The molecule has 0 aliphatic rings. The summed E-state index contributed by atoms with van der Waals surface area (Å²) >= 11 is 5.79. The molecule has 0 saturated carbocycles. The minimum absolute atomic E-state index is 0.0913. The van der Waals surface area contributed by atoms with E-state index in [1.54, 1.807) is 30.6 Å². The van der Waals surface area contributed by atoms with Crippen LogP contribution in [0.25, 0.3) is 0 Å². The highest BCUT2D eigenvalue weighted by Crippen LogP contribution is 2.26. The summed E-state index contributed by atoms with van der Waals surface area (Å²) in [6.07, 6.45) is 3.54. The van der Waals surface area contributed by atoms with Crippen LogP contribution in [0, 0.1) is 0 Å². The molecule has 4 heteroatoms. The lowest BCUT2D eigenvalue weighted by Gasteiger charge is -2.07. The summed E-state index contributed by atoms with van der Waals surface area (Å²) in [5, 5.41) is 12.8. The highest BCUT2D eigenvalue weighted by Gasteiger charge is 1.99. The minimum atomic E-state index is 0.0913. The maximum Gasteiger partial charge on any atom is 0.134 e. The third kappa shape index (κ3) is 2.64. The van der Waals surface area contributed by atoms with E-state index in [1.807, 2.05) is 12.1 Å². The highest BCUT2D eigenvalue weighted by atomic mass is 35.5. The van der Waals surface area contributed by atoms with Gasteiger partial charge in [-0.25, -0.2) is 0 Å². The summed E-state index contributed by atoms with van der Waals surface area (Å²) in [6.45, 7) is 0.676. The Morgan fingerprint density at radius 1 is 1.31 bits per heavy atom. The quantitative estimate of drug-likeness (QED) is 0.803. The average molecular weight is 235 g/mol. The molecule has 0 amide bonds. The molecule has 2 rings (SSSR count). The molecule has 1 aromatic heterocycles. The molecule has 0 unspecified atom stereocenters. The van der Waals surface area contributed by atoms with E-state index >= 15 is 0 Å². The Morgan fingerprint density at radius 3 is 2.88 bits per heavy atom. The summed E-state index contributed by atoms with van der Waals surface area (Å²) in [4.78, 5) is 4.02. The maximum atomic E-state index is 9.26. The van der Waals surface area contributed by atoms with E-state index in [-0.39, 0.29) is 5.75 Å². The minimum Gasteiger partial charge on any atom is -0.506 e. The monoisotopic (exact) mass is 234 g/mol. The number of aromatic nitrogens is 1. The average Bonchev–Trinajstić information content (AvgIpc) is 2.32. The van der Waals surface area contributed by atoms with Crippen LogP contribution in [-0.4, -0.2) is 10.1 Å². The van der Waals surface area contributed by atoms with Gasteiger partial charge in [0.15, 0.2) is 0 Å². The van der Waals surface area contributed by atoms with E-state index in [0.29, 0.717) is 11.6 Å². The predicted molar refractivity (Wildman–Crippen MR) is 64.7 cm³/mol. The van der Waals surface area contributed by atoms with Crippen molar-refractivity contribution in [3.63, 3.8) is 0 Å². The Bertz CT molecular complexity index is 474. The number of halogens is 1. The highest BCUT2D eigenvalue weighted by molar-refractivity contribution is 6.32. The Hall–Kier alpha value is -1.74. The Morgan fingerprint density at radius 2 is 2.19 bits per heavy atom. The van der Waals surface area contributed by atoms with Crippen LogP contribution in [0.1, 0.15) is 5.56 Å². The number of aromatic hydroxyl groups is 1. The second kappa shape index (κ2) is 4.86. The molecule has 16 heavy (non-hydrogen) atoms. The van der Waals surface area contributed by atoms with Crippen molar-refractivity contribution in [3.05, 3.63) is 53.3 Å². The number of phenolic OH excluding ortho intramolecular Hbond substituents is 1. The van der Waals surface area contributed by atoms with E-state index in [4.69, 9.17) is 11.6 Å². The van der Waals surface area contributed by atoms with E-state index in [2.05, 4.69) is 10.3 Å². The topological polar surface area (TPSA) is 45.1 Å². The van der Waals surface area contributed by atoms with Crippen molar-refractivity contribution < 1.29 is 5.11 Å². The first-order valence-electron chi connectivity index (χ1n) is 4.87. The molecular weight excluding hydrogens is 224 g/mol. The molecule has 0 atom stereocenters. The van der Waals surface area contributed by atoms with Crippen LogP contribution in [0.4, 0.5) is 5.69 Å². The molecule has 3 nitrogen and oxygen atoms in total. The molecule has 0 radical (unpaired) electrons. The molecular formula is C12H11ClN2O. The van der Waals surface area contributed by atoms with Crippen molar-refractivity contribution in [2.75, 3.05) is 5.32 Å². The van der Waals surface area contributed by atoms with Crippen molar-refractivity contribution in [2.45, 2.75) is 6.54 Å². The zero-order chi connectivity index (χ0) is 11.4. The summed E-state index contributed by atoms with van der Waals surface area (Å²) < 4.78 is 0. The molecule has 2 N–H and O–H groups in total. The van der Waals surface area contributed by atoms with Gasteiger partial charge < -0.3 is 10.4 Å². The summed E-state index contributed by atoms with van der Waals surface area (Å²) in [5.41, 5.74) is 1.96. The molecule has 0 fully saturated rings. The van der Waals surface area contributed by atoms with Gasteiger partial charge in [0.2, 0.25) is 0 Å². The second-order valence-corrected chi connectivity index (χ2v) is 3.79. The lowest BCUT2D eigenvalue weighted by atomic mass is 10.2. The Balaban J connectivity index is 2.03. The molecule has 0 aliphatic carbocycles. The number of rotatable bonds is 3. The first-order valence-corrected chi connectivity index (χ1v) is 5.25. The second-order valence-electron chi connectivity index (χ2n) is 3.38. The molecule has 0 saturated heterocycles. The van der Waals surface area contributed by atoms with E-state index < -0.39 is 0 Å². The lowest BCUT2D eigenvalue weighted by Crippen LogP contribution is -1.99. The van der Waals surface area contributed by atoms with Gasteiger partial charge in [-0.1, -0.05) is 17.7 Å². The smallest absolute Gasteiger partial charge is 0.134 e. The first-order chi connectivity index (χ1) is 7.75. The maximum absolute atomic E-state index is 9.26. The predicted octanol–water partition coefficient (Wildman–Crippen LogP) is 3.05. The number of hydrogen-bond acceptors (Lipinski definition) is 3. The van der Waals surface area contributed by atoms with Gasteiger partial charge in [0.1, 0.15) is 5.75 Å². The largest absolute Gasteiger partial charge is 0.506 e. The van der Waals surface area contributed by atoms with Crippen LogP contribution in [0.15, 0.2) is 42.7 Å². The summed E-state index contributed by atoms with van der Waals surface area (Å²) in [7, 11) is 0. The van der Waals surface area contributed by atoms with Crippen LogP contribution in [0.5, 0.6) is 5.75 Å². The van der Waals surface area contributed by atoms with E-state index in [0.717, 1.165) is 11.3 Å². The molecule has 2 aromatic rings. The molecule has 82 valence electrons. The van der Waals surface area contributed by atoms with Crippen LogP contribution in [-0.2, 0) is 6.54 Å². The SMILES string of the molecule is Oc1ccc(NCc2cccnc2)cc1Cl. The number of phenols is 1. The zero-order valence-electron chi connectivity index (χ0n) is 8.52. The van der Waals surface area contributed by atoms with Crippen LogP contribution in [0.2, 0.25) is 5.02 Å². The normalized spacial score (nSPS) is 10.1. The van der Waals surface area contributed by atoms with Crippen molar-refractivity contribution in [2.24, 2.45) is 0 Å². The van der Waals surface area contributed by atoms with Gasteiger partial charge in [0, 0.05) is 24.6 Å². The van der Waals surface area contributed by atoms with Gasteiger partial charge in [-0.15, -0.1) is 0 Å². The Labute approximate surface area is 98.7 Å². The van der Waals surface area contributed by atoms with E-state index in [9.17, 15) is 5.11 Å². The lowest BCUT2D eigenvalue weighted by molar-refractivity contribution is 0.475. The van der Waals surface area contributed by atoms with Gasteiger partial charge in [-0.2, -0.15) is 0 Å². The number of pyridine rings is 1. The first kappa shape index (κ1) is 10.8. The van der Waals surface area contributed by atoms with Crippen molar-refractivity contribution in [1.82, 2.24) is 4.98 Å². The van der Waals surface area contributed by atoms with Crippen LogP contribution in [0.3, 0.4) is 0 Å². The number of benzene rings is 1. The third-order valence-corrected chi connectivity index (χ3v) is 2.47. The van der Waals surface area contributed by atoms with Crippen molar-refractivity contribution in [3.8, 4) is 5.75 Å². The van der Waals surface area contributed by atoms with Gasteiger partial charge in [-0.05, 0) is 29.8 Å². The van der Waals surface area contributed by atoms with Gasteiger partial charge in [-0.3, -0.25) is 4.98 Å². The van der Waals surface area contributed by atoms with Crippen LogP contribution >= 0.6 is 11.6 Å². The van der Waals surface area contributed by atoms with E-state index in [1.165, 1.54) is 0 Å². The molecule has 0 bridgehead atoms. The standard InChI is InChI=1S/C12H11ClN2O/c13-11-6-10(3-4-12(11)16)15-8-9-2-1-5-14-7-9/h1-7,15-16H,8H2. The molecule has 0 spiro atoms. The Kier molecular flexibility index (Phi) is 3.27. The summed E-state index contributed by atoms with van der Waals surface area (Å²) in [6, 6.07) is 8.90. The van der Waals surface area contributed by atoms with Gasteiger partial charge in [0.05, 0.1) is 5.02 Å². The zero-order valence-corrected chi connectivity index (χ0v) is 9.28. The number of anilines is 1. The summed E-state index contributed by atoms with van der Waals surface area (Å²) in [5.74, 6) is 0.0913. The number of hydrogen-bond donors (Lipinski definition) is 2. The molecule has 1 heterocycles. The third-order valence-electron chi connectivity index (χ3n) is 2.17. The van der Waals surface area contributed by atoms with Crippen molar-refractivity contribution in [1.29, 1.82) is 0 Å². The fourth-order valence-corrected chi connectivity index (χ4v) is 1.50. The molecule has 1 aromatic carbocycles. The number of nitrogens with zero attached hydrogens (tertiary/aromatic N) is 1. The fraction of sp³-hybridized carbons (Fsp3) is 0.0833. The van der Waals surface area contributed by atoms with Crippen molar-refractivity contribution >= 4 is 17.3 Å². The molecule has 0 aliphatic heterocycles. The number of nitrogens with one attached hydrogen (secondary N) is 1. The fourth-order valence-electron chi connectivity index (χ4n) is 1.32. The van der Waals surface area contributed by atoms with Crippen LogP contribution < -0.4 is 5.32 Å².